The second-order valence-corrected chi connectivity index (χ2v) is 11.2. The summed E-state index contributed by atoms with van der Waals surface area (Å²) >= 11 is 0. The van der Waals surface area contributed by atoms with Crippen LogP contribution in [0.4, 0.5) is 17.1 Å². The number of hydrogen-bond donors (Lipinski definition) is 1. The lowest BCUT2D eigenvalue weighted by atomic mass is 9.64. The van der Waals surface area contributed by atoms with Crippen molar-refractivity contribution in [2.75, 3.05) is 24.4 Å². The molecule has 0 unspecified atom stereocenters. The fraction of sp³-hybridized carbons (Fsp3) is 0.171. The van der Waals surface area contributed by atoms with Crippen LogP contribution in [0.15, 0.2) is 97.1 Å². The van der Waals surface area contributed by atoms with E-state index < -0.39 is 45.8 Å². The number of anilines is 2. The summed E-state index contributed by atoms with van der Waals surface area (Å²) in [4.78, 5) is 57.2. The number of benzene rings is 4. The lowest BCUT2D eigenvalue weighted by Crippen LogP contribution is -2.51. The molecule has 1 saturated heterocycles. The van der Waals surface area contributed by atoms with E-state index in [4.69, 9.17) is 9.47 Å². The Morgan fingerprint density at radius 3 is 2.38 bits per heavy atom. The normalized spacial score (nSPS) is 22.3. The topological polar surface area (TPSA) is 128 Å². The maximum atomic E-state index is 15.1. The molecule has 45 heavy (non-hydrogen) atoms. The zero-order chi connectivity index (χ0) is 31.5. The Balaban J connectivity index is 1.53. The van der Waals surface area contributed by atoms with Gasteiger partial charge in [0.25, 0.3) is 5.69 Å². The number of rotatable bonds is 7. The van der Waals surface area contributed by atoms with Crippen LogP contribution >= 0.6 is 0 Å². The number of hydrogen-bond acceptors (Lipinski definition) is 8. The fourth-order valence-corrected chi connectivity index (χ4v) is 7.21. The van der Waals surface area contributed by atoms with Crippen LogP contribution in [-0.4, -0.2) is 48.7 Å². The Morgan fingerprint density at radius 2 is 1.64 bits per heavy atom. The minimum absolute atomic E-state index is 0.164. The van der Waals surface area contributed by atoms with Crippen LogP contribution < -0.4 is 19.7 Å². The van der Waals surface area contributed by atoms with Crippen molar-refractivity contribution in [1.29, 1.82) is 0 Å². The average Bonchev–Trinajstić information content (AvgIpc) is 3.55. The first-order chi connectivity index (χ1) is 21.8. The Hall–Kier alpha value is -5.77. The number of non-ortho nitro benzene ring substituents is 1. The second-order valence-electron chi connectivity index (χ2n) is 11.2. The summed E-state index contributed by atoms with van der Waals surface area (Å²) < 4.78 is 11.1. The molecule has 4 atom stereocenters. The highest BCUT2D eigenvalue weighted by atomic mass is 16.6. The zero-order valence-electron chi connectivity index (χ0n) is 24.3. The third-order valence-corrected chi connectivity index (χ3v) is 9.13. The van der Waals surface area contributed by atoms with E-state index in [0.717, 1.165) is 5.56 Å². The first kappa shape index (κ1) is 28.0. The molecule has 1 N–H and O–H groups in total. The first-order valence-electron chi connectivity index (χ1n) is 14.3. The highest BCUT2D eigenvalue weighted by Crippen LogP contribution is 2.58. The molecule has 10 nitrogen and oxygen atoms in total. The summed E-state index contributed by atoms with van der Waals surface area (Å²) in [5, 5.41) is 14.4. The quantitative estimate of drug-likeness (QED) is 0.168. The van der Waals surface area contributed by atoms with E-state index >= 15 is 4.79 Å². The van der Waals surface area contributed by atoms with E-state index in [0.29, 0.717) is 22.7 Å². The standard InChI is InChI=1S/C35H27N3O7/c1-44-23-16-17-28(45-2)24(19-23)33(40)30-31(32(39)21-11-14-22(15-12-21)38(42)43)37-27-10-6-3-7-20(27)13-18-29(37)35(30)25-8-4-5-9-26(25)36-34(35)41/h3-19,29-31H,1-2H3,(H,36,41)/t29-,30+,31+,35+/m1/s1. The summed E-state index contributed by atoms with van der Waals surface area (Å²) in [6.07, 6.45) is 3.80. The van der Waals surface area contributed by atoms with Crippen LogP contribution in [0.2, 0.25) is 0 Å². The Kier molecular flexibility index (Phi) is 6.50. The molecule has 0 aliphatic carbocycles. The van der Waals surface area contributed by atoms with Crippen molar-refractivity contribution >= 4 is 40.6 Å². The first-order valence-corrected chi connectivity index (χ1v) is 14.3. The molecule has 7 rings (SSSR count). The summed E-state index contributed by atoms with van der Waals surface area (Å²) in [6, 6.07) is 23.0. The number of Topliss-reactive ketones (excluding diaryl/α,β-unsaturated/α-hetero) is 2. The number of amides is 1. The molecule has 1 amide bonds. The number of ether oxygens (including phenoxy) is 2. The minimum atomic E-state index is -1.52. The molecule has 1 spiro atoms. The largest absolute Gasteiger partial charge is 0.497 e. The molecule has 4 aromatic rings. The van der Waals surface area contributed by atoms with Gasteiger partial charge >= 0.3 is 0 Å². The molecule has 3 aliphatic heterocycles. The number of nitro benzene ring substituents is 1. The highest BCUT2D eigenvalue weighted by molar-refractivity contribution is 6.19. The van der Waals surface area contributed by atoms with Gasteiger partial charge in [0.2, 0.25) is 5.91 Å². The number of nitrogens with zero attached hydrogens (tertiary/aromatic N) is 2. The van der Waals surface area contributed by atoms with E-state index in [1.54, 1.807) is 30.3 Å². The third kappa shape index (κ3) is 3.98. The van der Waals surface area contributed by atoms with Gasteiger partial charge in [-0.25, -0.2) is 0 Å². The second kappa shape index (κ2) is 10.4. The summed E-state index contributed by atoms with van der Waals surface area (Å²) in [7, 11) is 2.93. The van der Waals surface area contributed by atoms with Crippen molar-refractivity contribution in [2.24, 2.45) is 5.92 Å². The number of nitro groups is 1. The number of ketones is 2. The van der Waals surface area contributed by atoms with Crippen LogP contribution in [0.5, 0.6) is 11.5 Å². The van der Waals surface area contributed by atoms with Crippen LogP contribution in [0.3, 0.4) is 0 Å². The molecular weight excluding hydrogens is 574 g/mol. The Morgan fingerprint density at radius 1 is 0.911 bits per heavy atom. The SMILES string of the molecule is COc1ccc(OC)c(C(=O)[C@@H]2[C@@H](C(=O)c3ccc([N+](=O)[O-])cc3)N3c4ccccc4C=C[C@@H]3[C@]23C(=O)Nc2ccccc23)c1. The number of fused-ring (bicyclic) bond motifs is 6. The van der Waals surface area contributed by atoms with Crippen molar-refractivity contribution in [3.8, 4) is 11.5 Å². The molecule has 3 heterocycles. The van der Waals surface area contributed by atoms with E-state index in [9.17, 15) is 19.7 Å². The van der Waals surface area contributed by atoms with E-state index in [-0.39, 0.29) is 22.6 Å². The number of para-hydroxylation sites is 2. The summed E-state index contributed by atoms with van der Waals surface area (Å²) in [5.74, 6) is -1.89. The van der Waals surface area contributed by atoms with E-state index in [1.807, 2.05) is 53.5 Å². The van der Waals surface area contributed by atoms with Crippen LogP contribution in [-0.2, 0) is 10.2 Å². The summed E-state index contributed by atoms with van der Waals surface area (Å²) in [5.41, 5.74) is 1.33. The van der Waals surface area contributed by atoms with Crippen molar-refractivity contribution in [2.45, 2.75) is 17.5 Å². The lowest BCUT2D eigenvalue weighted by Gasteiger charge is -2.37. The van der Waals surface area contributed by atoms with Gasteiger partial charge in [0.1, 0.15) is 23.0 Å². The molecular formula is C35H27N3O7. The predicted molar refractivity (Wildman–Crippen MR) is 167 cm³/mol. The van der Waals surface area contributed by atoms with E-state index in [2.05, 4.69) is 5.32 Å². The average molecular weight is 602 g/mol. The van der Waals surface area contributed by atoms with Crippen molar-refractivity contribution in [3.05, 3.63) is 129 Å². The van der Waals surface area contributed by atoms with Gasteiger partial charge < -0.3 is 19.7 Å². The lowest BCUT2D eigenvalue weighted by molar-refractivity contribution is -0.384. The minimum Gasteiger partial charge on any atom is -0.497 e. The highest BCUT2D eigenvalue weighted by Gasteiger charge is 2.70. The molecule has 0 saturated carbocycles. The predicted octanol–water partition coefficient (Wildman–Crippen LogP) is 5.47. The number of methoxy groups -OCH3 is 2. The third-order valence-electron chi connectivity index (χ3n) is 9.13. The Labute approximate surface area is 258 Å². The Bertz CT molecular complexity index is 1940. The zero-order valence-corrected chi connectivity index (χ0v) is 24.3. The molecule has 0 radical (unpaired) electrons. The number of carbonyl (C=O) groups excluding carboxylic acids is 3. The van der Waals surface area contributed by atoms with Gasteiger partial charge in [0, 0.05) is 29.1 Å². The van der Waals surface area contributed by atoms with E-state index in [1.165, 1.54) is 38.5 Å². The smallest absolute Gasteiger partial charge is 0.269 e. The fourth-order valence-electron chi connectivity index (χ4n) is 7.21. The maximum Gasteiger partial charge on any atom is 0.269 e. The number of nitrogens with one attached hydrogen (secondary N) is 1. The van der Waals surface area contributed by atoms with Gasteiger partial charge in [-0.1, -0.05) is 48.6 Å². The van der Waals surface area contributed by atoms with Crippen LogP contribution in [0.25, 0.3) is 6.08 Å². The summed E-state index contributed by atoms with van der Waals surface area (Å²) in [6.45, 7) is 0. The molecule has 1 fully saturated rings. The van der Waals surface area contributed by atoms with Crippen molar-refractivity contribution in [1.82, 2.24) is 0 Å². The van der Waals surface area contributed by atoms with Crippen molar-refractivity contribution in [3.63, 3.8) is 0 Å². The molecule has 4 aromatic carbocycles. The van der Waals surface area contributed by atoms with Gasteiger partial charge in [0.15, 0.2) is 11.6 Å². The monoisotopic (exact) mass is 601 g/mol. The van der Waals surface area contributed by atoms with Gasteiger partial charge in [-0.15, -0.1) is 0 Å². The maximum absolute atomic E-state index is 15.1. The molecule has 0 aromatic heterocycles. The molecule has 3 aliphatic rings. The van der Waals surface area contributed by atoms with Crippen LogP contribution in [0, 0.1) is 16.0 Å². The van der Waals surface area contributed by atoms with Gasteiger partial charge in [0.05, 0.1) is 36.7 Å². The number of carbonyl (C=O) groups is 3. The van der Waals surface area contributed by atoms with Crippen LogP contribution in [0.1, 0.15) is 31.8 Å². The molecule has 0 bridgehead atoms. The molecule has 224 valence electrons. The van der Waals surface area contributed by atoms with Gasteiger partial charge in [-0.05, 0) is 53.6 Å². The van der Waals surface area contributed by atoms with Gasteiger partial charge in [-0.2, -0.15) is 0 Å². The van der Waals surface area contributed by atoms with Gasteiger partial charge in [-0.3, -0.25) is 24.5 Å². The van der Waals surface area contributed by atoms with Crippen molar-refractivity contribution < 1.29 is 28.8 Å². The molecule has 10 heteroatoms.